The van der Waals surface area contributed by atoms with Gasteiger partial charge in [-0.3, -0.25) is 4.90 Å². The van der Waals surface area contributed by atoms with Gasteiger partial charge in [-0.25, -0.2) is 4.79 Å². The molecule has 0 fully saturated rings. The minimum Gasteiger partial charge on any atom is -0.496 e. The summed E-state index contributed by atoms with van der Waals surface area (Å²) < 4.78 is 15.6. The van der Waals surface area contributed by atoms with Crippen LogP contribution in [0.5, 0.6) is 11.5 Å². The highest BCUT2D eigenvalue weighted by Gasteiger charge is 2.27. The lowest BCUT2D eigenvalue weighted by Gasteiger charge is -2.32. The molecule has 174 valence electrons. The predicted molar refractivity (Wildman–Crippen MR) is 132 cm³/mol. The van der Waals surface area contributed by atoms with E-state index in [0.29, 0.717) is 17.4 Å². The summed E-state index contributed by atoms with van der Waals surface area (Å²) >= 11 is 1.19. The van der Waals surface area contributed by atoms with Gasteiger partial charge in [-0.1, -0.05) is 32.0 Å². The van der Waals surface area contributed by atoms with E-state index in [-0.39, 0.29) is 11.6 Å². The minimum absolute atomic E-state index is 0.0693. The van der Waals surface area contributed by atoms with Crippen molar-refractivity contribution in [2.75, 3.05) is 27.8 Å². The zero-order chi connectivity index (χ0) is 23.9. The molecule has 2 aromatic carbocycles. The number of likely N-dealkylation sites (N-methyl/N-ethyl adjacent to an activating group) is 1. The molecule has 0 spiro atoms. The fourth-order valence-corrected chi connectivity index (χ4v) is 5.47. The third-order valence-electron chi connectivity index (χ3n) is 6.59. The van der Waals surface area contributed by atoms with Crippen LogP contribution >= 0.6 is 11.5 Å². The van der Waals surface area contributed by atoms with Crippen LogP contribution in [0.1, 0.15) is 59.9 Å². The largest absolute Gasteiger partial charge is 0.496 e. The molecule has 3 aromatic rings. The molecule has 33 heavy (non-hydrogen) atoms. The first kappa shape index (κ1) is 23.3. The van der Waals surface area contributed by atoms with E-state index in [1.54, 1.807) is 14.2 Å². The molecule has 6 nitrogen and oxygen atoms in total. The van der Waals surface area contributed by atoms with Gasteiger partial charge in [-0.15, -0.1) is 0 Å². The number of benzene rings is 2. The first-order valence-corrected chi connectivity index (χ1v) is 11.9. The van der Waals surface area contributed by atoms with Gasteiger partial charge in [-0.2, -0.15) is 4.37 Å². The third kappa shape index (κ3) is 4.11. The average molecular weight is 467 g/mol. The van der Waals surface area contributed by atoms with Crippen LogP contribution in [-0.4, -0.2) is 48.2 Å². The molecule has 1 N–H and O–H groups in total. The summed E-state index contributed by atoms with van der Waals surface area (Å²) in [5, 5.41) is 9.94. The van der Waals surface area contributed by atoms with Gasteiger partial charge in [0.2, 0.25) is 0 Å². The predicted octanol–water partition coefficient (Wildman–Crippen LogP) is 5.86. The molecule has 1 unspecified atom stereocenters. The van der Waals surface area contributed by atoms with Gasteiger partial charge in [0, 0.05) is 29.8 Å². The number of aromatic carboxylic acids is 1. The van der Waals surface area contributed by atoms with E-state index >= 15 is 0 Å². The highest BCUT2D eigenvalue weighted by atomic mass is 32.1. The number of carboxylic acid groups (broad SMARTS) is 1. The van der Waals surface area contributed by atoms with Crippen LogP contribution < -0.4 is 9.47 Å². The molecule has 1 aromatic heterocycles. The molecule has 1 aliphatic heterocycles. The smallest absolute Gasteiger partial charge is 0.356 e. The Labute approximate surface area is 198 Å². The van der Waals surface area contributed by atoms with Gasteiger partial charge in [-0.05, 0) is 66.2 Å². The van der Waals surface area contributed by atoms with Crippen LogP contribution in [0.2, 0.25) is 0 Å². The minimum atomic E-state index is -1.03. The maximum atomic E-state index is 12.1. The Balaban J connectivity index is 1.94. The van der Waals surface area contributed by atoms with Crippen molar-refractivity contribution >= 4 is 17.5 Å². The number of ether oxygens (including phenoxy) is 2. The second-order valence-corrected chi connectivity index (χ2v) is 9.58. The van der Waals surface area contributed by atoms with Crippen LogP contribution in [0.25, 0.3) is 21.6 Å². The molecular weight excluding hydrogens is 436 g/mol. The number of aromatic nitrogens is 1. The molecule has 1 aliphatic rings. The lowest BCUT2D eigenvalue weighted by atomic mass is 9.89. The second kappa shape index (κ2) is 9.15. The van der Waals surface area contributed by atoms with E-state index in [0.717, 1.165) is 40.3 Å². The molecule has 7 heteroatoms. The molecule has 2 heterocycles. The summed E-state index contributed by atoms with van der Waals surface area (Å²) in [5.41, 5.74) is 5.99. The molecule has 0 radical (unpaired) electrons. The summed E-state index contributed by atoms with van der Waals surface area (Å²) in [6, 6.07) is 10.5. The van der Waals surface area contributed by atoms with Crippen molar-refractivity contribution in [1.82, 2.24) is 9.27 Å². The van der Waals surface area contributed by atoms with Gasteiger partial charge in [0.25, 0.3) is 0 Å². The van der Waals surface area contributed by atoms with E-state index in [1.807, 2.05) is 18.2 Å². The number of rotatable bonds is 6. The Kier molecular flexibility index (Phi) is 6.45. The Hall–Kier alpha value is -2.90. The molecule has 4 rings (SSSR count). The normalized spacial score (nSPS) is 16.0. The van der Waals surface area contributed by atoms with Gasteiger partial charge < -0.3 is 14.6 Å². The molecule has 1 atom stereocenters. The molecule has 0 aliphatic carbocycles. The topological polar surface area (TPSA) is 71.9 Å². The fraction of sp³-hybridized carbons (Fsp3) is 0.385. The standard InChI is InChI=1S/C26H30N2O4S/c1-14(2)19-12-20(22(32-6)13-21(19)31-5)25-23(24(26(29)30)27-33-25)17-7-8-18-15(3)28(4)10-9-16(18)11-17/h7-8,11-15H,9-10H2,1-6H3,(H,29,30). The zero-order valence-electron chi connectivity index (χ0n) is 19.9. The quantitative estimate of drug-likeness (QED) is 0.490. The number of carbonyl (C=O) groups is 1. The number of fused-ring (bicyclic) bond motifs is 1. The van der Waals surface area contributed by atoms with Crippen molar-refractivity contribution in [2.24, 2.45) is 0 Å². The van der Waals surface area contributed by atoms with E-state index < -0.39 is 5.97 Å². The van der Waals surface area contributed by atoms with E-state index in [1.165, 1.54) is 22.7 Å². The Morgan fingerprint density at radius 2 is 1.91 bits per heavy atom. The highest BCUT2D eigenvalue weighted by molar-refractivity contribution is 7.10. The van der Waals surface area contributed by atoms with Crippen molar-refractivity contribution in [3.8, 4) is 33.1 Å². The number of hydrogen-bond donors (Lipinski definition) is 1. The summed E-state index contributed by atoms with van der Waals surface area (Å²) in [4.78, 5) is 15.3. The zero-order valence-corrected chi connectivity index (χ0v) is 20.7. The van der Waals surface area contributed by atoms with E-state index in [4.69, 9.17) is 9.47 Å². The van der Waals surface area contributed by atoms with Gasteiger partial charge in [0.15, 0.2) is 5.69 Å². The molecular formula is C26H30N2O4S. The van der Waals surface area contributed by atoms with Crippen LogP contribution in [0, 0.1) is 0 Å². The second-order valence-electron chi connectivity index (χ2n) is 8.81. The summed E-state index contributed by atoms with van der Waals surface area (Å²) in [7, 11) is 5.39. The maximum Gasteiger partial charge on any atom is 0.356 e. The van der Waals surface area contributed by atoms with Crippen LogP contribution in [-0.2, 0) is 6.42 Å². The number of nitrogens with zero attached hydrogens (tertiary/aromatic N) is 2. The first-order chi connectivity index (χ1) is 15.8. The van der Waals surface area contributed by atoms with Crippen molar-refractivity contribution in [2.45, 2.75) is 39.2 Å². The summed E-state index contributed by atoms with van der Waals surface area (Å²) in [6.45, 7) is 7.38. The maximum absolute atomic E-state index is 12.1. The lowest BCUT2D eigenvalue weighted by Crippen LogP contribution is -2.30. The SMILES string of the molecule is COc1cc(OC)c(C(C)C)cc1-c1snc(C(=O)O)c1-c1ccc2c(c1)CCN(C)C2C. The molecule has 0 amide bonds. The Morgan fingerprint density at radius 3 is 2.55 bits per heavy atom. The van der Waals surface area contributed by atoms with Crippen molar-refractivity contribution in [3.63, 3.8) is 0 Å². The highest BCUT2D eigenvalue weighted by Crippen LogP contribution is 2.46. The number of hydrogen-bond acceptors (Lipinski definition) is 6. The number of methoxy groups -OCH3 is 2. The Morgan fingerprint density at radius 1 is 1.18 bits per heavy atom. The van der Waals surface area contributed by atoms with Gasteiger partial charge in [0.1, 0.15) is 11.5 Å². The van der Waals surface area contributed by atoms with Gasteiger partial charge >= 0.3 is 5.97 Å². The average Bonchev–Trinajstić information content (AvgIpc) is 3.25. The van der Waals surface area contributed by atoms with Crippen molar-refractivity contribution in [3.05, 3.63) is 52.7 Å². The van der Waals surface area contributed by atoms with Gasteiger partial charge in [0.05, 0.1) is 19.1 Å². The van der Waals surface area contributed by atoms with Crippen LogP contribution in [0.15, 0.2) is 30.3 Å². The van der Waals surface area contributed by atoms with Crippen LogP contribution in [0.4, 0.5) is 0 Å². The van der Waals surface area contributed by atoms with E-state index in [9.17, 15) is 9.90 Å². The monoisotopic (exact) mass is 466 g/mol. The van der Waals surface area contributed by atoms with Crippen molar-refractivity contribution < 1.29 is 19.4 Å². The molecule has 0 saturated carbocycles. The Bertz CT molecular complexity index is 1200. The first-order valence-electron chi connectivity index (χ1n) is 11.1. The van der Waals surface area contributed by atoms with Crippen LogP contribution in [0.3, 0.4) is 0 Å². The van der Waals surface area contributed by atoms with E-state index in [2.05, 4.69) is 49.2 Å². The summed E-state index contributed by atoms with van der Waals surface area (Å²) in [5.74, 6) is 0.574. The third-order valence-corrected chi connectivity index (χ3v) is 7.47. The molecule has 0 bridgehead atoms. The summed E-state index contributed by atoms with van der Waals surface area (Å²) in [6.07, 6.45) is 0.933. The lowest BCUT2D eigenvalue weighted by molar-refractivity contribution is 0.0692. The fourth-order valence-electron chi connectivity index (χ4n) is 4.55. The van der Waals surface area contributed by atoms with Crippen molar-refractivity contribution in [1.29, 1.82) is 0 Å². The number of carboxylic acids is 1. The molecule has 0 saturated heterocycles.